The minimum atomic E-state index is -1.88. The molecule has 168 valence electrons. The van der Waals surface area contributed by atoms with Crippen molar-refractivity contribution in [3.8, 4) is 5.75 Å². The summed E-state index contributed by atoms with van der Waals surface area (Å²) in [6.45, 7) is 0.555. The molecule has 0 aromatic heterocycles. The van der Waals surface area contributed by atoms with Crippen LogP contribution < -0.4 is 9.64 Å². The maximum absolute atomic E-state index is 13.4. The monoisotopic (exact) mass is 441 g/mol. The summed E-state index contributed by atoms with van der Waals surface area (Å²) in [4.78, 5) is 28.1. The number of aryl methyl sites for hydroxylation is 2. The Morgan fingerprint density at radius 3 is 2.48 bits per heavy atom. The number of aliphatic hydroxyl groups is 1. The number of benzene rings is 3. The third-order valence-electron chi connectivity index (χ3n) is 6.65. The van der Waals surface area contributed by atoms with Crippen molar-refractivity contribution in [1.29, 1.82) is 0 Å². The normalized spacial score (nSPS) is 19.2. The van der Waals surface area contributed by atoms with Gasteiger partial charge in [0.2, 0.25) is 0 Å². The lowest BCUT2D eigenvalue weighted by Crippen LogP contribution is -2.43. The van der Waals surface area contributed by atoms with Gasteiger partial charge in [0.05, 0.1) is 18.7 Å². The smallest absolute Gasteiger partial charge is 0.264 e. The lowest BCUT2D eigenvalue weighted by molar-refractivity contribution is -0.135. The molecule has 3 aromatic carbocycles. The molecule has 0 unspecified atom stereocenters. The lowest BCUT2D eigenvalue weighted by atomic mass is 9.85. The zero-order chi connectivity index (χ0) is 22.8. The molecule has 5 rings (SSSR count). The highest BCUT2D eigenvalue weighted by Crippen LogP contribution is 2.42. The number of amides is 1. The quantitative estimate of drug-likeness (QED) is 0.550. The van der Waals surface area contributed by atoms with Crippen LogP contribution in [0, 0.1) is 0 Å². The average molecular weight is 442 g/mol. The minimum Gasteiger partial charge on any atom is -0.492 e. The third-order valence-corrected chi connectivity index (χ3v) is 6.65. The van der Waals surface area contributed by atoms with Crippen molar-refractivity contribution < 1.29 is 19.4 Å². The average Bonchev–Trinajstić information content (AvgIpc) is 3.06. The van der Waals surface area contributed by atoms with E-state index in [1.165, 1.54) is 22.4 Å². The molecular weight excluding hydrogens is 414 g/mol. The summed E-state index contributed by atoms with van der Waals surface area (Å²) in [5.74, 6) is 0.0124. The summed E-state index contributed by atoms with van der Waals surface area (Å²) in [5, 5.41) is 11.5. The first-order valence-corrected chi connectivity index (χ1v) is 11.5. The summed E-state index contributed by atoms with van der Waals surface area (Å²) in [7, 11) is 0. The standard InChI is InChI=1S/C28H27NO4/c30-26(22-15-14-20-8-4-5-9-21(20)18-22)19-28(32)24-12-6-7-13-25(24)29(27(28)31)16-17-33-23-10-2-1-3-11-23/h1-3,6-7,10-15,18,32H,4-5,8-9,16-17,19H2/t28-/m1/s1. The van der Waals surface area contributed by atoms with Gasteiger partial charge in [-0.15, -0.1) is 0 Å². The number of rotatable bonds is 7. The van der Waals surface area contributed by atoms with E-state index in [9.17, 15) is 14.7 Å². The molecule has 1 N–H and O–H groups in total. The Labute approximate surface area is 193 Å². The van der Waals surface area contributed by atoms with E-state index in [1.54, 1.807) is 18.2 Å². The van der Waals surface area contributed by atoms with Gasteiger partial charge in [-0.2, -0.15) is 0 Å². The number of ketones is 1. The molecule has 0 spiro atoms. The first-order chi connectivity index (χ1) is 16.1. The Kier molecular flexibility index (Phi) is 5.73. The first kappa shape index (κ1) is 21.4. The number of nitrogens with zero attached hydrogens (tertiary/aromatic N) is 1. The van der Waals surface area contributed by atoms with Crippen LogP contribution in [-0.4, -0.2) is 29.9 Å². The van der Waals surface area contributed by atoms with Gasteiger partial charge in [0.1, 0.15) is 12.4 Å². The molecule has 1 heterocycles. The van der Waals surface area contributed by atoms with Gasteiger partial charge in [-0.3, -0.25) is 9.59 Å². The summed E-state index contributed by atoms with van der Waals surface area (Å²) < 4.78 is 5.76. The molecule has 2 aliphatic rings. The summed E-state index contributed by atoms with van der Waals surface area (Å²) in [6.07, 6.45) is 4.03. The van der Waals surface area contributed by atoms with Crippen molar-refractivity contribution in [3.63, 3.8) is 0 Å². The van der Waals surface area contributed by atoms with Crippen LogP contribution in [0.2, 0.25) is 0 Å². The maximum Gasteiger partial charge on any atom is 0.264 e. The van der Waals surface area contributed by atoms with Crippen LogP contribution in [0.15, 0.2) is 72.8 Å². The van der Waals surface area contributed by atoms with Crippen molar-refractivity contribution in [1.82, 2.24) is 0 Å². The Morgan fingerprint density at radius 1 is 0.939 bits per heavy atom. The topological polar surface area (TPSA) is 66.8 Å². The lowest BCUT2D eigenvalue weighted by Gasteiger charge is -2.23. The van der Waals surface area contributed by atoms with Crippen LogP contribution in [0.1, 0.15) is 46.3 Å². The highest BCUT2D eigenvalue weighted by Gasteiger charge is 2.50. The van der Waals surface area contributed by atoms with Crippen LogP contribution in [0.4, 0.5) is 5.69 Å². The van der Waals surface area contributed by atoms with E-state index in [0.717, 1.165) is 25.0 Å². The molecule has 5 nitrogen and oxygen atoms in total. The summed E-state index contributed by atoms with van der Waals surface area (Å²) in [5.41, 5.74) is 2.28. The van der Waals surface area contributed by atoms with Gasteiger partial charge in [-0.25, -0.2) is 0 Å². The molecule has 3 aromatic rings. The molecule has 0 saturated carbocycles. The highest BCUT2D eigenvalue weighted by atomic mass is 16.5. The highest BCUT2D eigenvalue weighted by molar-refractivity contribution is 6.10. The zero-order valence-electron chi connectivity index (χ0n) is 18.5. The van der Waals surface area contributed by atoms with Crippen molar-refractivity contribution in [2.75, 3.05) is 18.1 Å². The number of carbonyl (C=O) groups is 2. The molecule has 1 aliphatic heterocycles. The molecule has 1 aliphatic carbocycles. The second-order valence-corrected chi connectivity index (χ2v) is 8.79. The van der Waals surface area contributed by atoms with Crippen molar-refractivity contribution >= 4 is 17.4 Å². The Balaban J connectivity index is 1.35. The second-order valence-electron chi connectivity index (χ2n) is 8.79. The van der Waals surface area contributed by atoms with Crippen LogP contribution in [-0.2, 0) is 23.2 Å². The van der Waals surface area contributed by atoms with E-state index in [1.807, 2.05) is 54.6 Å². The molecule has 0 saturated heterocycles. The van der Waals surface area contributed by atoms with Crippen molar-refractivity contribution in [2.24, 2.45) is 0 Å². The first-order valence-electron chi connectivity index (χ1n) is 11.5. The number of hydrogen-bond acceptors (Lipinski definition) is 4. The summed E-state index contributed by atoms with van der Waals surface area (Å²) >= 11 is 0. The van der Waals surface area contributed by atoms with Crippen LogP contribution in [0.3, 0.4) is 0 Å². The van der Waals surface area contributed by atoms with E-state index in [4.69, 9.17) is 4.74 Å². The van der Waals surface area contributed by atoms with Gasteiger partial charge in [0, 0.05) is 11.1 Å². The van der Waals surface area contributed by atoms with E-state index in [0.29, 0.717) is 16.8 Å². The number of carbonyl (C=O) groups excluding carboxylic acids is 2. The number of Topliss-reactive ketones (excluding diaryl/α,β-unsaturated/α-hetero) is 1. The Bertz CT molecular complexity index is 1190. The number of para-hydroxylation sites is 2. The fourth-order valence-corrected chi connectivity index (χ4v) is 4.91. The molecule has 1 atom stereocenters. The van der Waals surface area contributed by atoms with E-state index in [-0.39, 0.29) is 25.4 Å². The number of anilines is 1. The SMILES string of the molecule is O=C(C[C@]1(O)C(=O)N(CCOc2ccccc2)c2ccccc21)c1ccc2c(c1)CCCC2. The van der Waals surface area contributed by atoms with Crippen LogP contribution in [0.5, 0.6) is 5.75 Å². The molecule has 0 radical (unpaired) electrons. The zero-order valence-corrected chi connectivity index (χ0v) is 18.5. The second kappa shape index (κ2) is 8.83. The molecule has 0 bridgehead atoms. The molecule has 0 fully saturated rings. The molecular formula is C28H27NO4. The van der Waals surface area contributed by atoms with Gasteiger partial charge in [0.15, 0.2) is 11.4 Å². The number of ether oxygens (including phenoxy) is 1. The number of fused-ring (bicyclic) bond motifs is 2. The fourth-order valence-electron chi connectivity index (χ4n) is 4.91. The fraction of sp³-hybridized carbons (Fsp3) is 0.286. The minimum absolute atomic E-state index is 0.226. The van der Waals surface area contributed by atoms with E-state index >= 15 is 0 Å². The Hall–Kier alpha value is -3.44. The maximum atomic E-state index is 13.4. The summed E-state index contributed by atoms with van der Waals surface area (Å²) in [6, 6.07) is 22.3. The molecule has 1 amide bonds. The van der Waals surface area contributed by atoms with Gasteiger partial charge in [-0.1, -0.05) is 48.5 Å². The van der Waals surface area contributed by atoms with Crippen molar-refractivity contribution in [3.05, 3.63) is 95.1 Å². The molecule has 5 heteroatoms. The van der Waals surface area contributed by atoms with Gasteiger partial charge >= 0.3 is 0 Å². The van der Waals surface area contributed by atoms with Crippen molar-refractivity contribution in [2.45, 2.75) is 37.7 Å². The predicted molar refractivity (Wildman–Crippen MR) is 127 cm³/mol. The van der Waals surface area contributed by atoms with Gasteiger partial charge < -0.3 is 14.7 Å². The Morgan fingerprint density at radius 2 is 1.67 bits per heavy atom. The van der Waals surface area contributed by atoms with Gasteiger partial charge in [0.25, 0.3) is 5.91 Å². The van der Waals surface area contributed by atoms with Crippen LogP contribution >= 0.6 is 0 Å². The molecule has 33 heavy (non-hydrogen) atoms. The van der Waals surface area contributed by atoms with E-state index in [2.05, 4.69) is 0 Å². The predicted octanol–water partition coefficient (Wildman–Crippen LogP) is 4.45. The third kappa shape index (κ3) is 4.05. The largest absolute Gasteiger partial charge is 0.492 e. The van der Waals surface area contributed by atoms with E-state index < -0.39 is 11.5 Å². The van der Waals surface area contributed by atoms with Gasteiger partial charge in [-0.05, 0) is 61.1 Å². The van der Waals surface area contributed by atoms with Crippen LogP contribution in [0.25, 0.3) is 0 Å². The number of hydrogen-bond donors (Lipinski definition) is 1.